The van der Waals surface area contributed by atoms with Crippen molar-refractivity contribution in [2.24, 2.45) is 0 Å². The molecular formula is C18H21ClN4O2. The van der Waals surface area contributed by atoms with Crippen molar-refractivity contribution in [3.8, 4) is 5.75 Å². The number of aromatic nitrogens is 2. The average molecular weight is 361 g/mol. The van der Waals surface area contributed by atoms with Gasteiger partial charge < -0.3 is 14.5 Å². The zero-order chi connectivity index (χ0) is 17.6. The molecule has 1 saturated heterocycles. The van der Waals surface area contributed by atoms with E-state index in [1.807, 2.05) is 30.0 Å². The van der Waals surface area contributed by atoms with Gasteiger partial charge in [-0.05, 0) is 19.1 Å². The molecule has 25 heavy (non-hydrogen) atoms. The normalized spacial score (nSPS) is 14.5. The van der Waals surface area contributed by atoms with Crippen LogP contribution in [0, 0.1) is 6.92 Å². The van der Waals surface area contributed by atoms with Crippen LogP contribution >= 0.6 is 11.6 Å². The van der Waals surface area contributed by atoms with E-state index in [0.717, 1.165) is 24.6 Å². The summed E-state index contributed by atoms with van der Waals surface area (Å²) in [5.41, 5.74) is 0.945. The van der Waals surface area contributed by atoms with Gasteiger partial charge in [0.25, 0.3) is 0 Å². The molecule has 0 unspecified atom stereocenters. The number of carbonyl (C=O) groups is 1. The molecule has 1 aromatic heterocycles. The van der Waals surface area contributed by atoms with Gasteiger partial charge in [0.2, 0.25) is 5.91 Å². The zero-order valence-electron chi connectivity index (χ0n) is 14.2. The first kappa shape index (κ1) is 17.5. The first-order valence-corrected chi connectivity index (χ1v) is 8.70. The molecule has 0 radical (unpaired) electrons. The summed E-state index contributed by atoms with van der Waals surface area (Å²) >= 11 is 6.04. The summed E-state index contributed by atoms with van der Waals surface area (Å²) in [6.45, 7) is 5.20. The Morgan fingerprint density at radius 3 is 2.68 bits per heavy atom. The lowest BCUT2D eigenvalue weighted by Gasteiger charge is -2.35. The number of nitrogens with zero attached hydrogens (tertiary/aromatic N) is 4. The van der Waals surface area contributed by atoms with Gasteiger partial charge in [0, 0.05) is 37.9 Å². The third kappa shape index (κ3) is 4.60. The molecule has 0 bridgehead atoms. The van der Waals surface area contributed by atoms with E-state index in [-0.39, 0.29) is 5.91 Å². The molecule has 7 heteroatoms. The first-order chi connectivity index (χ1) is 12.1. The Bertz CT molecular complexity index is 733. The van der Waals surface area contributed by atoms with Crippen molar-refractivity contribution in [2.75, 3.05) is 37.7 Å². The summed E-state index contributed by atoms with van der Waals surface area (Å²) in [7, 11) is 0. The van der Waals surface area contributed by atoms with Gasteiger partial charge in [-0.15, -0.1) is 0 Å². The lowest BCUT2D eigenvalue weighted by atomic mass is 10.2. The molecule has 132 valence electrons. The van der Waals surface area contributed by atoms with E-state index < -0.39 is 0 Å². The highest BCUT2D eigenvalue weighted by molar-refractivity contribution is 6.32. The maximum atomic E-state index is 12.3. The van der Waals surface area contributed by atoms with Crippen LogP contribution in [0.1, 0.15) is 12.1 Å². The van der Waals surface area contributed by atoms with Gasteiger partial charge in [-0.25, -0.2) is 9.97 Å². The van der Waals surface area contributed by atoms with Crippen molar-refractivity contribution in [3.63, 3.8) is 0 Å². The van der Waals surface area contributed by atoms with E-state index >= 15 is 0 Å². The second-order valence-electron chi connectivity index (χ2n) is 5.91. The molecule has 0 aliphatic carbocycles. The molecule has 1 aromatic carbocycles. The molecule has 1 fully saturated rings. The van der Waals surface area contributed by atoms with E-state index in [0.29, 0.717) is 36.9 Å². The number of ether oxygens (including phenoxy) is 1. The van der Waals surface area contributed by atoms with E-state index in [1.165, 1.54) is 0 Å². The van der Waals surface area contributed by atoms with Crippen LogP contribution in [0.25, 0.3) is 0 Å². The first-order valence-electron chi connectivity index (χ1n) is 8.32. The SMILES string of the molecule is Cc1cc(N2CCN(C(=O)CCOc3ccccc3Cl)CC2)ncn1. The maximum Gasteiger partial charge on any atom is 0.226 e. The summed E-state index contributed by atoms with van der Waals surface area (Å²) in [6, 6.07) is 9.24. The third-order valence-corrected chi connectivity index (χ3v) is 4.47. The molecule has 0 atom stereocenters. The van der Waals surface area contributed by atoms with Gasteiger partial charge in [0.1, 0.15) is 17.9 Å². The van der Waals surface area contributed by atoms with E-state index in [4.69, 9.17) is 16.3 Å². The number of carbonyl (C=O) groups excluding carboxylic acids is 1. The average Bonchev–Trinajstić information content (AvgIpc) is 2.63. The van der Waals surface area contributed by atoms with Crippen LogP contribution in [0.2, 0.25) is 5.02 Å². The summed E-state index contributed by atoms with van der Waals surface area (Å²) in [4.78, 5) is 24.8. The smallest absolute Gasteiger partial charge is 0.226 e. The number of hydrogen-bond donors (Lipinski definition) is 0. The Kier molecular flexibility index (Phi) is 5.71. The zero-order valence-corrected chi connectivity index (χ0v) is 14.9. The number of hydrogen-bond acceptors (Lipinski definition) is 5. The molecule has 0 spiro atoms. The predicted octanol–water partition coefficient (Wildman–Crippen LogP) is 2.56. The number of piperazine rings is 1. The molecule has 0 saturated carbocycles. The Morgan fingerprint density at radius 1 is 1.20 bits per heavy atom. The van der Waals surface area contributed by atoms with Gasteiger partial charge >= 0.3 is 0 Å². The second kappa shape index (κ2) is 8.16. The molecule has 2 aromatic rings. The minimum atomic E-state index is 0.102. The quantitative estimate of drug-likeness (QED) is 0.820. The topological polar surface area (TPSA) is 58.6 Å². The van der Waals surface area contributed by atoms with Gasteiger partial charge in [0.15, 0.2) is 0 Å². The van der Waals surface area contributed by atoms with Crippen LogP contribution in [0.4, 0.5) is 5.82 Å². The Balaban J connectivity index is 1.45. The van der Waals surface area contributed by atoms with Crippen molar-refractivity contribution in [2.45, 2.75) is 13.3 Å². The highest BCUT2D eigenvalue weighted by Gasteiger charge is 2.21. The molecule has 0 N–H and O–H groups in total. The minimum absolute atomic E-state index is 0.102. The summed E-state index contributed by atoms with van der Waals surface area (Å²) < 4.78 is 5.60. The van der Waals surface area contributed by atoms with Crippen molar-refractivity contribution in [3.05, 3.63) is 47.4 Å². The molecule has 1 amide bonds. The fourth-order valence-electron chi connectivity index (χ4n) is 2.77. The predicted molar refractivity (Wildman–Crippen MR) is 97.1 cm³/mol. The van der Waals surface area contributed by atoms with Gasteiger partial charge in [0.05, 0.1) is 18.1 Å². The molecule has 1 aliphatic rings. The number of halogens is 1. The van der Waals surface area contributed by atoms with Gasteiger partial charge in [-0.3, -0.25) is 4.79 Å². The third-order valence-electron chi connectivity index (χ3n) is 4.16. The molecular weight excluding hydrogens is 340 g/mol. The number of amides is 1. The fourth-order valence-corrected chi connectivity index (χ4v) is 2.96. The lowest BCUT2D eigenvalue weighted by Crippen LogP contribution is -2.49. The van der Waals surface area contributed by atoms with Crippen molar-refractivity contribution < 1.29 is 9.53 Å². The lowest BCUT2D eigenvalue weighted by molar-refractivity contribution is -0.132. The highest BCUT2D eigenvalue weighted by atomic mass is 35.5. The molecule has 6 nitrogen and oxygen atoms in total. The monoisotopic (exact) mass is 360 g/mol. The molecule has 3 rings (SSSR count). The van der Waals surface area contributed by atoms with Crippen LogP contribution in [0.5, 0.6) is 5.75 Å². The van der Waals surface area contributed by atoms with E-state index in [1.54, 1.807) is 18.5 Å². The number of aryl methyl sites for hydroxylation is 1. The van der Waals surface area contributed by atoms with Crippen LogP contribution in [-0.2, 0) is 4.79 Å². The van der Waals surface area contributed by atoms with Crippen molar-refractivity contribution in [1.82, 2.24) is 14.9 Å². The van der Waals surface area contributed by atoms with Gasteiger partial charge in [-0.1, -0.05) is 23.7 Å². The summed E-state index contributed by atoms with van der Waals surface area (Å²) in [5, 5.41) is 0.559. The van der Waals surface area contributed by atoms with Crippen molar-refractivity contribution >= 4 is 23.3 Å². The Morgan fingerprint density at radius 2 is 1.96 bits per heavy atom. The number of anilines is 1. The Labute approximate surface area is 152 Å². The van der Waals surface area contributed by atoms with Crippen molar-refractivity contribution in [1.29, 1.82) is 0 Å². The van der Waals surface area contributed by atoms with Crippen LogP contribution in [0.3, 0.4) is 0 Å². The highest BCUT2D eigenvalue weighted by Crippen LogP contribution is 2.23. The maximum absolute atomic E-state index is 12.3. The number of benzene rings is 1. The van der Waals surface area contributed by atoms with Crippen LogP contribution in [0.15, 0.2) is 36.7 Å². The van der Waals surface area contributed by atoms with Crippen LogP contribution in [-0.4, -0.2) is 53.6 Å². The fraction of sp³-hybridized carbons (Fsp3) is 0.389. The minimum Gasteiger partial charge on any atom is -0.491 e. The second-order valence-corrected chi connectivity index (χ2v) is 6.32. The van der Waals surface area contributed by atoms with E-state index in [9.17, 15) is 4.79 Å². The summed E-state index contributed by atoms with van der Waals surface area (Å²) in [5.74, 6) is 1.63. The Hall–Kier alpha value is -2.34. The number of rotatable bonds is 5. The molecule has 2 heterocycles. The standard InChI is InChI=1S/C18H21ClN4O2/c1-14-12-17(21-13-20-14)22-7-9-23(10-8-22)18(24)6-11-25-16-5-3-2-4-15(16)19/h2-5,12-13H,6-11H2,1H3. The summed E-state index contributed by atoms with van der Waals surface area (Å²) in [6.07, 6.45) is 1.92. The van der Waals surface area contributed by atoms with E-state index in [2.05, 4.69) is 14.9 Å². The van der Waals surface area contributed by atoms with Crippen LogP contribution < -0.4 is 9.64 Å². The van der Waals surface area contributed by atoms with Gasteiger partial charge in [-0.2, -0.15) is 0 Å². The molecule has 1 aliphatic heterocycles. The largest absolute Gasteiger partial charge is 0.491 e. The number of para-hydroxylation sites is 1.